The lowest BCUT2D eigenvalue weighted by atomic mass is 10.2. The van der Waals surface area contributed by atoms with E-state index in [-0.39, 0.29) is 5.91 Å². The fraction of sp³-hybridized carbons (Fsp3) is 0.368. The van der Waals surface area contributed by atoms with Gasteiger partial charge in [-0.2, -0.15) is 0 Å². The molecular formula is C19H22N4O2S. The van der Waals surface area contributed by atoms with E-state index in [4.69, 9.17) is 9.72 Å². The first-order valence-corrected chi connectivity index (χ1v) is 9.76. The van der Waals surface area contributed by atoms with Crippen molar-refractivity contribution in [3.8, 4) is 0 Å². The second kappa shape index (κ2) is 7.57. The Morgan fingerprint density at radius 1 is 1.31 bits per heavy atom. The summed E-state index contributed by atoms with van der Waals surface area (Å²) in [7, 11) is 0. The van der Waals surface area contributed by atoms with Crippen LogP contribution >= 0.6 is 11.3 Å². The van der Waals surface area contributed by atoms with Gasteiger partial charge in [0.2, 0.25) is 0 Å². The summed E-state index contributed by atoms with van der Waals surface area (Å²) in [4.78, 5) is 20.2. The second-order valence-corrected chi connectivity index (χ2v) is 7.24. The quantitative estimate of drug-likeness (QED) is 0.749. The summed E-state index contributed by atoms with van der Waals surface area (Å²) in [6.45, 7) is 7.27. The van der Waals surface area contributed by atoms with E-state index < -0.39 is 0 Å². The third-order valence-corrected chi connectivity index (χ3v) is 5.48. The van der Waals surface area contributed by atoms with Gasteiger partial charge in [0, 0.05) is 25.3 Å². The number of anilines is 1. The van der Waals surface area contributed by atoms with Crippen molar-refractivity contribution in [2.75, 3.05) is 31.6 Å². The van der Waals surface area contributed by atoms with Crippen LogP contribution in [-0.2, 0) is 17.8 Å². The molecule has 26 heavy (non-hydrogen) atoms. The molecule has 1 saturated heterocycles. The molecule has 2 aromatic heterocycles. The molecule has 0 unspecified atom stereocenters. The molecule has 1 amide bonds. The van der Waals surface area contributed by atoms with Crippen LogP contribution in [0.2, 0.25) is 0 Å². The number of carbonyl (C=O) groups excluding carboxylic acids is 1. The highest BCUT2D eigenvalue weighted by molar-refractivity contribution is 7.12. The third kappa shape index (κ3) is 3.51. The highest BCUT2D eigenvalue weighted by atomic mass is 32.1. The molecule has 7 heteroatoms. The standard InChI is InChI=1S/C19H22N4O2S/c1-2-23-16-6-5-14(20-19(24)17-4-3-11-26-17)12-15(16)21-18(23)13-22-7-9-25-10-8-22/h3-6,11-12H,2,7-10,13H2,1H3,(H,20,24). The Labute approximate surface area is 156 Å². The number of amides is 1. The molecule has 0 spiro atoms. The van der Waals surface area contributed by atoms with Crippen molar-refractivity contribution in [2.45, 2.75) is 20.0 Å². The zero-order valence-corrected chi connectivity index (χ0v) is 15.6. The van der Waals surface area contributed by atoms with Crippen LogP contribution in [0.1, 0.15) is 22.4 Å². The van der Waals surface area contributed by atoms with Crippen LogP contribution in [-0.4, -0.2) is 46.7 Å². The molecule has 6 nitrogen and oxygen atoms in total. The van der Waals surface area contributed by atoms with Gasteiger partial charge in [-0.25, -0.2) is 4.98 Å². The van der Waals surface area contributed by atoms with Crippen molar-refractivity contribution >= 4 is 34.0 Å². The summed E-state index contributed by atoms with van der Waals surface area (Å²) in [6, 6.07) is 9.64. The average molecular weight is 370 g/mol. The molecule has 1 aromatic carbocycles. The summed E-state index contributed by atoms with van der Waals surface area (Å²) in [5, 5.41) is 4.86. The maximum Gasteiger partial charge on any atom is 0.265 e. The normalized spacial score (nSPS) is 15.4. The number of carbonyl (C=O) groups is 1. The Balaban J connectivity index is 1.58. The van der Waals surface area contributed by atoms with E-state index in [1.165, 1.54) is 11.3 Å². The molecule has 1 N–H and O–H groups in total. The van der Waals surface area contributed by atoms with Crippen molar-refractivity contribution < 1.29 is 9.53 Å². The van der Waals surface area contributed by atoms with Crippen molar-refractivity contribution in [1.29, 1.82) is 0 Å². The van der Waals surface area contributed by atoms with Gasteiger partial charge in [-0.1, -0.05) is 6.07 Å². The molecule has 0 saturated carbocycles. The molecule has 1 aliphatic rings. The first kappa shape index (κ1) is 17.2. The Morgan fingerprint density at radius 3 is 2.88 bits per heavy atom. The number of thiophene rings is 1. The van der Waals surface area contributed by atoms with Crippen molar-refractivity contribution in [1.82, 2.24) is 14.5 Å². The highest BCUT2D eigenvalue weighted by Gasteiger charge is 2.16. The van der Waals surface area contributed by atoms with E-state index in [0.717, 1.165) is 61.9 Å². The van der Waals surface area contributed by atoms with E-state index in [1.54, 1.807) is 0 Å². The number of nitrogens with one attached hydrogen (secondary N) is 1. The summed E-state index contributed by atoms with van der Waals surface area (Å²) in [5.74, 6) is 0.981. The van der Waals surface area contributed by atoms with Crippen LogP contribution in [0.25, 0.3) is 11.0 Å². The number of hydrogen-bond donors (Lipinski definition) is 1. The lowest BCUT2D eigenvalue weighted by molar-refractivity contribution is 0.0327. The Kier molecular flexibility index (Phi) is 5.01. The largest absolute Gasteiger partial charge is 0.379 e. The van der Waals surface area contributed by atoms with E-state index in [0.29, 0.717) is 4.88 Å². The van der Waals surface area contributed by atoms with E-state index in [1.807, 2.05) is 35.7 Å². The predicted octanol–water partition coefficient (Wildman–Crippen LogP) is 3.20. The molecule has 0 atom stereocenters. The van der Waals surface area contributed by atoms with Gasteiger partial charge in [0.05, 0.1) is 35.7 Å². The number of nitrogens with zero attached hydrogens (tertiary/aromatic N) is 3. The molecule has 4 rings (SSSR count). The predicted molar refractivity (Wildman–Crippen MR) is 104 cm³/mol. The number of aromatic nitrogens is 2. The molecule has 0 aliphatic carbocycles. The van der Waals surface area contributed by atoms with Crippen LogP contribution in [0.3, 0.4) is 0 Å². The minimum atomic E-state index is -0.0807. The molecule has 0 radical (unpaired) electrons. The van der Waals surface area contributed by atoms with Crippen LogP contribution < -0.4 is 5.32 Å². The Hall–Kier alpha value is -2.22. The summed E-state index contributed by atoms with van der Waals surface area (Å²) >= 11 is 1.44. The smallest absolute Gasteiger partial charge is 0.265 e. The number of ether oxygens (including phenoxy) is 1. The Morgan fingerprint density at radius 2 is 2.15 bits per heavy atom. The van der Waals surface area contributed by atoms with Crippen LogP contribution in [0.4, 0.5) is 5.69 Å². The first-order chi connectivity index (χ1) is 12.7. The SMILES string of the molecule is CCn1c(CN2CCOCC2)nc2cc(NC(=O)c3cccs3)ccc21. The summed E-state index contributed by atoms with van der Waals surface area (Å²) in [5.41, 5.74) is 2.79. The molecule has 1 fully saturated rings. The Bertz CT molecular complexity index is 898. The van der Waals surface area contributed by atoms with Crippen LogP contribution in [0.5, 0.6) is 0 Å². The monoisotopic (exact) mass is 370 g/mol. The van der Waals surface area contributed by atoms with Crippen LogP contribution in [0, 0.1) is 0 Å². The van der Waals surface area contributed by atoms with Gasteiger partial charge in [0.1, 0.15) is 5.82 Å². The zero-order chi connectivity index (χ0) is 17.9. The van der Waals surface area contributed by atoms with E-state index in [9.17, 15) is 4.79 Å². The van der Waals surface area contributed by atoms with Crippen molar-refractivity contribution in [3.05, 3.63) is 46.4 Å². The zero-order valence-electron chi connectivity index (χ0n) is 14.8. The highest BCUT2D eigenvalue weighted by Crippen LogP contribution is 2.22. The van der Waals surface area contributed by atoms with Gasteiger partial charge >= 0.3 is 0 Å². The third-order valence-electron chi connectivity index (χ3n) is 4.62. The van der Waals surface area contributed by atoms with Gasteiger partial charge in [0.15, 0.2) is 0 Å². The first-order valence-electron chi connectivity index (χ1n) is 8.88. The lowest BCUT2D eigenvalue weighted by Gasteiger charge is -2.26. The maximum absolute atomic E-state index is 12.3. The number of fused-ring (bicyclic) bond motifs is 1. The van der Waals surface area contributed by atoms with Crippen LogP contribution in [0.15, 0.2) is 35.7 Å². The lowest BCUT2D eigenvalue weighted by Crippen LogP contribution is -2.36. The number of aryl methyl sites for hydroxylation is 1. The van der Waals surface area contributed by atoms with Crippen molar-refractivity contribution in [3.63, 3.8) is 0 Å². The molecule has 1 aliphatic heterocycles. The molecule has 136 valence electrons. The molecule has 3 heterocycles. The van der Waals surface area contributed by atoms with Gasteiger partial charge in [-0.3, -0.25) is 9.69 Å². The number of hydrogen-bond acceptors (Lipinski definition) is 5. The molecule has 0 bridgehead atoms. The summed E-state index contributed by atoms with van der Waals surface area (Å²) in [6.07, 6.45) is 0. The second-order valence-electron chi connectivity index (χ2n) is 6.30. The maximum atomic E-state index is 12.3. The molecular weight excluding hydrogens is 348 g/mol. The minimum Gasteiger partial charge on any atom is -0.379 e. The van der Waals surface area contributed by atoms with E-state index in [2.05, 4.69) is 21.7 Å². The van der Waals surface area contributed by atoms with E-state index >= 15 is 0 Å². The number of benzene rings is 1. The van der Waals surface area contributed by atoms with Gasteiger partial charge < -0.3 is 14.6 Å². The number of imidazole rings is 1. The minimum absolute atomic E-state index is 0.0807. The van der Waals surface area contributed by atoms with Gasteiger partial charge in [-0.15, -0.1) is 11.3 Å². The van der Waals surface area contributed by atoms with Crippen molar-refractivity contribution in [2.24, 2.45) is 0 Å². The summed E-state index contributed by atoms with van der Waals surface area (Å²) < 4.78 is 7.67. The fourth-order valence-electron chi connectivity index (χ4n) is 3.29. The fourth-order valence-corrected chi connectivity index (χ4v) is 3.91. The number of rotatable bonds is 5. The van der Waals surface area contributed by atoms with Gasteiger partial charge in [-0.05, 0) is 36.6 Å². The van der Waals surface area contributed by atoms with Gasteiger partial charge in [0.25, 0.3) is 5.91 Å². The number of morpholine rings is 1. The average Bonchev–Trinajstić information content (AvgIpc) is 3.30. The topological polar surface area (TPSA) is 59.4 Å². The molecule has 3 aromatic rings.